The highest BCUT2D eigenvalue weighted by molar-refractivity contribution is 5.93. The summed E-state index contributed by atoms with van der Waals surface area (Å²) in [7, 11) is 0. The van der Waals surface area contributed by atoms with E-state index < -0.39 is 0 Å². The van der Waals surface area contributed by atoms with Crippen LogP contribution < -0.4 is 10.6 Å². The summed E-state index contributed by atoms with van der Waals surface area (Å²) in [5.74, 6) is 7.71. The molecule has 6 nitrogen and oxygen atoms in total. The first kappa shape index (κ1) is 20.7. The van der Waals surface area contributed by atoms with E-state index in [9.17, 15) is 9.59 Å². The Hall–Kier alpha value is -3.07. The fourth-order valence-corrected chi connectivity index (χ4v) is 3.34. The molecule has 1 aromatic carbocycles. The van der Waals surface area contributed by atoms with E-state index in [2.05, 4.69) is 39.6 Å². The first-order chi connectivity index (χ1) is 13.9. The van der Waals surface area contributed by atoms with Gasteiger partial charge in [-0.05, 0) is 64.2 Å². The van der Waals surface area contributed by atoms with E-state index in [-0.39, 0.29) is 12.1 Å². The predicted molar refractivity (Wildman–Crippen MR) is 115 cm³/mol. The highest BCUT2D eigenvalue weighted by atomic mass is 16.2. The van der Waals surface area contributed by atoms with Gasteiger partial charge in [0, 0.05) is 29.4 Å². The number of allylic oxidation sites excluding steroid dienone is 2. The van der Waals surface area contributed by atoms with Crippen molar-refractivity contribution in [3.05, 3.63) is 40.6 Å². The Bertz CT molecular complexity index is 932. The second-order valence-corrected chi connectivity index (χ2v) is 7.61. The second-order valence-electron chi connectivity index (χ2n) is 7.61. The summed E-state index contributed by atoms with van der Waals surface area (Å²) in [5.41, 5.74) is 4.94. The van der Waals surface area contributed by atoms with Crippen LogP contribution in [0.4, 0.5) is 10.5 Å². The van der Waals surface area contributed by atoms with Crippen LogP contribution in [0.2, 0.25) is 0 Å². The van der Waals surface area contributed by atoms with Gasteiger partial charge in [0.2, 0.25) is 6.41 Å². The predicted octanol–water partition coefficient (Wildman–Crippen LogP) is 4.01. The average molecular weight is 393 g/mol. The molecule has 1 aliphatic carbocycles. The first-order valence-electron chi connectivity index (χ1n) is 10.1. The molecule has 1 fully saturated rings. The van der Waals surface area contributed by atoms with E-state index in [1.807, 2.05) is 26.8 Å². The van der Waals surface area contributed by atoms with Crippen LogP contribution >= 0.6 is 0 Å². The molecule has 152 valence electrons. The number of fused-ring (bicyclic) bond motifs is 1. The molecule has 29 heavy (non-hydrogen) atoms. The Morgan fingerprint density at radius 1 is 1.31 bits per heavy atom. The molecule has 1 unspecified atom stereocenters. The van der Waals surface area contributed by atoms with Crippen LogP contribution in [0.1, 0.15) is 57.7 Å². The molecule has 1 aliphatic heterocycles. The molecule has 0 aromatic heterocycles. The van der Waals surface area contributed by atoms with Crippen LogP contribution in [0.5, 0.6) is 0 Å². The SMILES string of the molecule is CCN1C(=O)Nc2cc(C/C(C)=C(\C)N=C(C)NC=O)ccc2C1C#CC1CC1. The van der Waals surface area contributed by atoms with Crippen molar-refractivity contribution >= 4 is 24.0 Å². The monoisotopic (exact) mass is 392 g/mol. The molecule has 0 bridgehead atoms. The third-order valence-electron chi connectivity index (χ3n) is 5.26. The topological polar surface area (TPSA) is 73.8 Å². The number of amidine groups is 1. The van der Waals surface area contributed by atoms with Gasteiger partial charge < -0.3 is 15.5 Å². The highest BCUT2D eigenvalue weighted by Crippen LogP contribution is 2.35. The van der Waals surface area contributed by atoms with Gasteiger partial charge in [0.05, 0.1) is 0 Å². The maximum absolute atomic E-state index is 12.6. The fraction of sp³-hybridized carbons (Fsp3) is 0.435. The molecule has 3 amide bonds. The molecular formula is C23H28N4O2. The van der Waals surface area contributed by atoms with Crippen LogP contribution in [0.3, 0.4) is 0 Å². The quantitative estimate of drug-likeness (QED) is 0.344. The molecule has 0 saturated heterocycles. The standard InChI is InChI=1S/C23H28N4O2/c1-5-27-22(11-9-18-6-7-18)20-10-8-19(13-21(20)26-23(27)29)12-15(2)16(3)25-17(4)24-14-28/h8,10,13-14,18,22H,5-7,12H2,1-4H3,(H,26,29)(H,24,25,28)/b16-15+. The first-order valence-corrected chi connectivity index (χ1v) is 10.1. The summed E-state index contributed by atoms with van der Waals surface area (Å²) in [6.07, 6.45) is 3.66. The smallest absolute Gasteiger partial charge is 0.317 e. The Morgan fingerprint density at radius 2 is 2.07 bits per heavy atom. The molecule has 3 rings (SSSR count). The van der Waals surface area contributed by atoms with Gasteiger partial charge in [0.1, 0.15) is 11.9 Å². The van der Waals surface area contributed by atoms with E-state index in [4.69, 9.17) is 0 Å². The summed E-state index contributed by atoms with van der Waals surface area (Å²) in [5, 5.41) is 5.56. The van der Waals surface area contributed by atoms with Gasteiger partial charge in [-0.2, -0.15) is 0 Å². The summed E-state index contributed by atoms with van der Waals surface area (Å²) < 4.78 is 0. The number of nitrogens with zero attached hydrogens (tertiary/aromatic N) is 2. The molecule has 1 heterocycles. The third kappa shape index (κ3) is 5.05. The molecule has 1 saturated carbocycles. The van der Waals surface area contributed by atoms with Gasteiger partial charge in [0.25, 0.3) is 0 Å². The minimum Gasteiger partial charge on any atom is -0.317 e. The zero-order valence-corrected chi connectivity index (χ0v) is 17.5. The number of carbonyl (C=O) groups is 2. The van der Waals surface area contributed by atoms with Crippen molar-refractivity contribution in [2.24, 2.45) is 10.9 Å². The Morgan fingerprint density at radius 3 is 2.72 bits per heavy atom. The normalized spacial score (nSPS) is 19.4. The van der Waals surface area contributed by atoms with E-state index in [0.29, 0.717) is 31.1 Å². The van der Waals surface area contributed by atoms with Crippen molar-refractivity contribution in [1.29, 1.82) is 0 Å². The minimum atomic E-state index is -0.196. The maximum atomic E-state index is 12.6. The van der Waals surface area contributed by atoms with Crippen molar-refractivity contribution in [2.45, 2.75) is 53.0 Å². The molecule has 0 spiro atoms. The minimum absolute atomic E-state index is 0.101. The van der Waals surface area contributed by atoms with Crippen LogP contribution in [-0.4, -0.2) is 29.7 Å². The number of nitrogens with one attached hydrogen (secondary N) is 2. The Balaban J connectivity index is 1.86. The number of rotatable bonds is 5. The summed E-state index contributed by atoms with van der Waals surface area (Å²) in [6.45, 7) is 8.29. The molecule has 0 radical (unpaired) electrons. The van der Waals surface area contributed by atoms with Gasteiger partial charge >= 0.3 is 6.03 Å². The molecule has 2 aliphatic rings. The lowest BCUT2D eigenvalue weighted by atomic mass is 9.96. The van der Waals surface area contributed by atoms with Crippen molar-refractivity contribution < 1.29 is 9.59 Å². The summed E-state index contributed by atoms with van der Waals surface area (Å²) in [4.78, 5) is 29.3. The second kappa shape index (κ2) is 8.95. The number of benzene rings is 1. The van der Waals surface area contributed by atoms with E-state index >= 15 is 0 Å². The lowest BCUT2D eigenvalue weighted by Crippen LogP contribution is -2.41. The Kier molecular flexibility index (Phi) is 6.38. The molecular weight excluding hydrogens is 364 g/mol. The van der Waals surface area contributed by atoms with Gasteiger partial charge in [-0.25, -0.2) is 9.79 Å². The number of urea groups is 1. The Labute approximate surface area is 172 Å². The lowest BCUT2D eigenvalue weighted by Gasteiger charge is -2.34. The highest BCUT2D eigenvalue weighted by Gasteiger charge is 2.31. The zero-order chi connectivity index (χ0) is 21.0. The zero-order valence-electron chi connectivity index (χ0n) is 17.5. The van der Waals surface area contributed by atoms with Gasteiger partial charge in [0.15, 0.2) is 0 Å². The third-order valence-corrected chi connectivity index (χ3v) is 5.26. The summed E-state index contributed by atoms with van der Waals surface area (Å²) >= 11 is 0. The van der Waals surface area contributed by atoms with E-state index in [1.54, 1.807) is 11.8 Å². The van der Waals surface area contributed by atoms with Crippen molar-refractivity contribution in [3.8, 4) is 11.8 Å². The van der Waals surface area contributed by atoms with E-state index in [0.717, 1.165) is 28.1 Å². The fourth-order valence-electron chi connectivity index (χ4n) is 3.34. The molecule has 6 heteroatoms. The number of aliphatic imine (C=N–C) groups is 1. The maximum Gasteiger partial charge on any atom is 0.323 e. The van der Waals surface area contributed by atoms with Crippen LogP contribution in [0, 0.1) is 17.8 Å². The van der Waals surface area contributed by atoms with Crippen LogP contribution in [0.15, 0.2) is 34.5 Å². The summed E-state index contributed by atoms with van der Waals surface area (Å²) in [6, 6.07) is 5.90. The molecule has 1 atom stereocenters. The van der Waals surface area contributed by atoms with Gasteiger partial charge in [-0.1, -0.05) is 24.0 Å². The van der Waals surface area contributed by atoms with Crippen molar-refractivity contribution in [3.63, 3.8) is 0 Å². The lowest BCUT2D eigenvalue weighted by molar-refractivity contribution is -0.108. The van der Waals surface area contributed by atoms with Gasteiger partial charge in [-0.15, -0.1) is 0 Å². The number of carbonyl (C=O) groups excluding carboxylic acids is 2. The number of hydrogen-bond acceptors (Lipinski definition) is 3. The molecule has 2 N–H and O–H groups in total. The molecule has 1 aromatic rings. The van der Waals surface area contributed by atoms with Crippen molar-refractivity contribution in [1.82, 2.24) is 10.2 Å². The van der Waals surface area contributed by atoms with Crippen LogP contribution in [0.25, 0.3) is 0 Å². The van der Waals surface area contributed by atoms with Crippen molar-refractivity contribution in [2.75, 3.05) is 11.9 Å². The number of amides is 3. The number of anilines is 1. The van der Waals surface area contributed by atoms with Gasteiger partial charge in [-0.3, -0.25) is 4.79 Å². The largest absolute Gasteiger partial charge is 0.323 e. The van der Waals surface area contributed by atoms with Crippen LogP contribution in [-0.2, 0) is 11.2 Å². The average Bonchev–Trinajstić information content (AvgIpc) is 3.50. The number of hydrogen-bond donors (Lipinski definition) is 2. The van der Waals surface area contributed by atoms with E-state index in [1.165, 1.54) is 12.8 Å².